The summed E-state index contributed by atoms with van der Waals surface area (Å²) in [5, 5.41) is 2.84. The van der Waals surface area contributed by atoms with Crippen molar-refractivity contribution in [3.63, 3.8) is 0 Å². The number of likely N-dealkylation sites (tertiary alicyclic amines) is 1. The molecule has 24 heavy (non-hydrogen) atoms. The smallest absolute Gasteiger partial charge is 0.238 e. The minimum Gasteiger partial charge on any atom is -0.355 e. The lowest BCUT2D eigenvalue weighted by Crippen LogP contribution is -2.48. The first-order valence-corrected chi connectivity index (χ1v) is 8.84. The highest BCUT2D eigenvalue weighted by atomic mass is 19.1. The highest BCUT2D eigenvalue weighted by Gasteiger charge is 2.58. The van der Waals surface area contributed by atoms with E-state index in [0.29, 0.717) is 37.3 Å². The van der Waals surface area contributed by atoms with Crippen molar-refractivity contribution in [1.29, 1.82) is 0 Å². The average Bonchev–Trinajstić information content (AvgIpc) is 3.38. The molecule has 2 fully saturated rings. The van der Waals surface area contributed by atoms with Crippen LogP contribution in [0.2, 0.25) is 0 Å². The van der Waals surface area contributed by atoms with Gasteiger partial charge in [0.2, 0.25) is 11.8 Å². The number of carbonyl (C=O) groups is 2. The van der Waals surface area contributed by atoms with E-state index in [9.17, 15) is 14.0 Å². The summed E-state index contributed by atoms with van der Waals surface area (Å²) in [6, 6.07) is 6.56. The molecule has 1 saturated carbocycles. The molecule has 0 bridgehead atoms. The number of piperidine rings is 1. The molecule has 1 aromatic carbocycles. The molecule has 0 radical (unpaired) electrons. The van der Waals surface area contributed by atoms with Gasteiger partial charge in [-0.3, -0.25) is 9.59 Å². The molecule has 2 aliphatic rings. The Kier molecular flexibility index (Phi) is 4.88. The van der Waals surface area contributed by atoms with E-state index in [-0.39, 0.29) is 17.6 Å². The normalized spacial score (nSPS) is 22.1. The summed E-state index contributed by atoms with van der Waals surface area (Å²) in [6.45, 7) is 4.01. The number of nitrogens with one attached hydrogen (secondary N) is 1. The zero-order chi connectivity index (χ0) is 17.2. The Balaban J connectivity index is 1.54. The summed E-state index contributed by atoms with van der Waals surface area (Å²) < 4.78 is 13.6. The van der Waals surface area contributed by atoms with Crippen molar-refractivity contribution < 1.29 is 14.0 Å². The van der Waals surface area contributed by atoms with E-state index >= 15 is 0 Å². The Morgan fingerprint density at radius 3 is 2.75 bits per heavy atom. The molecule has 4 nitrogen and oxygen atoms in total. The van der Waals surface area contributed by atoms with Crippen LogP contribution in [-0.2, 0) is 16.0 Å². The molecule has 2 amide bonds. The minimum atomic E-state index is -0.855. The van der Waals surface area contributed by atoms with Gasteiger partial charge in [-0.2, -0.15) is 0 Å². The summed E-state index contributed by atoms with van der Waals surface area (Å²) >= 11 is 0. The molecule has 130 valence electrons. The lowest BCUT2D eigenvalue weighted by molar-refractivity contribution is -0.145. The molecule has 1 unspecified atom stereocenters. The molecule has 3 rings (SSSR count). The second kappa shape index (κ2) is 6.91. The Morgan fingerprint density at radius 2 is 2.08 bits per heavy atom. The molecule has 1 aliphatic heterocycles. The summed E-state index contributed by atoms with van der Waals surface area (Å²) in [5.41, 5.74) is -0.273. The highest BCUT2D eigenvalue weighted by Crippen LogP contribution is 2.48. The third-order valence-electron chi connectivity index (χ3n) is 5.18. The van der Waals surface area contributed by atoms with Crippen LogP contribution in [0.3, 0.4) is 0 Å². The number of amides is 2. The number of halogens is 1. The molecule has 1 saturated heterocycles. The van der Waals surface area contributed by atoms with E-state index < -0.39 is 5.41 Å². The molecule has 1 N–H and O–H groups in total. The summed E-state index contributed by atoms with van der Waals surface area (Å²) in [5.74, 6) is 0.0355. The SMILES string of the molecule is CC1CCCN(C(=O)C2(C(=O)NCCc3ccccc3F)CC2)C1. The van der Waals surface area contributed by atoms with Crippen LogP contribution in [0.4, 0.5) is 4.39 Å². The van der Waals surface area contributed by atoms with E-state index in [1.54, 1.807) is 18.2 Å². The molecule has 0 aromatic heterocycles. The maximum absolute atomic E-state index is 13.6. The van der Waals surface area contributed by atoms with E-state index in [0.717, 1.165) is 25.9 Å². The Morgan fingerprint density at radius 1 is 1.33 bits per heavy atom. The van der Waals surface area contributed by atoms with E-state index in [4.69, 9.17) is 0 Å². The van der Waals surface area contributed by atoms with Gasteiger partial charge in [0, 0.05) is 19.6 Å². The maximum Gasteiger partial charge on any atom is 0.238 e. The Hall–Kier alpha value is -1.91. The topological polar surface area (TPSA) is 49.4 Å². The van der Waals surface area contributed by atoms with Gasteiger partial charge in [0.05, 0.1) is 0 Å². The van der Waals surface area contributed by atoms with Gasteiger partial charge in [0.15, 0.2) is 0 Å². The fraction of sp³-hybridized carbons (Fsp3) is 0.579. The van der Waals surface area contributed by atoms with Crippen molar-refractivity contribution in [2.75, 3.05) is 19.6 Å². The molecule has 1 aliphatic carbocycles. The van der Waals surface area contributed by atoms with Crippen molar-refractivity contribution in [2.45, 2.75) is 39.0 Å². The first kappa shape index (κ1) is 16.9. The number of hydrogen-bond acceptors (Lipinski definition) is 2. The van der Waals surface area contributed by atoms with Crippen molar-refractivity contribution in [1.82, 2.24) is 10.2 Å². The number of hydrogen-bond donors (Lipinski definition) is 1. The van der Waals surface area contributed by atoms with Crippen LogP contribution < -0.4 is 5.32 Å². The second-order valence-electron chi connectivity index (χ2n) is 7.18. The second-order valence-corrected chi connectivity index (χ2v) is 7.18. The van der Waals surface area contributed by atoms with Gasteiger partial charge in [-0.05, 0) is 49.7 Å². The number of nitrogens with zero attached hydrogens (tertiary/aromatic N) is 1. The largest absolute Gasteiger partial charge is 0.355 e. The predicted molar refractivity (Wildman–Crippen MR) is 89.8 cm³/mol. The fourth-order valence-corrected chi connectivity index (χ4v) is 3.52. The molecule has 1 heterocycles. The van der Waals surface area contributed by atoms with E-state index in [1.165, 1.54) is 6.07 Å². The minimum absolute atomic E-state index is 0.0163. The summed E-state index contributed by atoms with van der Waals surface area (Å²) in [4.78, 5) is 27.1. The number of carbonyl (C=O) groups excluding carboxylic acids is 2. The highest BCUT2D eigenvalue weighted by molar-refractivity contribution is 6.07. The van der Waals surface area contributed by atoms with Crippen molar-refractivity contribution in [3.05, 3.63) is 35.6 Å². The summed E-state index contributed by atoms with van der Waals surface area (Å²) in [7, 11) is 0. The molecule has 0 spiro atoms. The monoisotopic (exact) mass is 332 g/mol. The van der Waals surface area contributed by atoms with Crippen LogP contribution in [0, 0.1) is 17.2 Å². The van der Waals surface area contributed by atoms with Crippen molar-refractivity contribution in [2.24, 2.45) is 11.3 Å². The molecule has 5 heteroatoms. The Bertz CT molecular complexity index is 628. The van der Waals surface area contributed by atoms with Crippen LogP contribution in [0.5, 0.6) is 0 Å². The number of benzene rings is 1. The first-order chi connectivity index (χ1) is 11.5. The van der Waals surface area contributed by atoms with Gasteiger partial charge in [0.1, 0.15) is 11.2 Å². The molecule has 1 atom stereocenters. The lowest BCUT2D eigenvalue weighted by Gasteiger charge is -2.33. The third-order valence-corrected chi connectivity index (χ3v) is 5.18. The van der Waals surface area contributed by atoms with Crippen LogP contribution in [0.1, 0.15) is 38.2 Å². The Labute approximate surface area is 142 Å². The van der Waals surface area contributed by atoms with Crippen LogP contribution in [0.25, 0.3) is 0 Å². The lowest BCUT2D eigenvalue weighted by atomic mass is 9.96. The first-order valence-electron chi connectivity index (χ1n) is 8.84. The zero-order valence-electron chi connectivity index (χ0n) is 14.2. The maximum atomic E-state index is 13.6. The average molecular weight is 332 g/mol. The van der Waals surface area contributed by atoms with E-state index in [2.05, 4.69) is 12.2 Å². The van der Waals surface area contributed by atoms with Gasteiger partial charge < -0.3 is 10.2 Å². The standard InChI is InChI=1S/C19H25FN2O2/c1-14-5-4-12-22(13-14)18(24)19(9-10-19)17(23)21-11-8-15-6-2-3-7-16(15)20/h2-3,6-7,14H,4-5,8-13H2,1H3,(H,21,23). The van der Waals surface area contributed by atoms with Gasteiger partial charge >= 0.3 is 0 Å². The van der Waals surface area contributed by atoms with Crippen LogP contribution >= 0.6 is 0 Å². The van der Waals surface area contributed by atoms with Gasteiger partial charge in [-0.1, -0.05) is 25.1 Å². The van der Waals surface area contributed by atoms with Crippen molar-refractivity contribution in [3.8, 4) is 0 Å². The quantitative estimate of drug-likeness (QED) is 0.843. The third kappa shape index (κ3) is 3.45. The molecular formula is C19H25FN2O2. The van der Waals surface area contributed by atoms with Gasteiger partial charge in [-0.25, -0.2) is 4.39 Å². The van der Waals surface area contributed by atoms with Crippen LogP contribution in [-0.4, -0.2) is 36.3 Å². The number of rotatable bonds is 5. The van der Waals surface area contributed by atoms with E-state index in [1.807, 2.05) is 4.90 Å². The van der Waals surface area contributed by atoms with Crippen molar-refractivity contribution >= 4 is 11.8 Å². The van der Waals surface area contributed by atoms with Crippen LogP contribution in [0.15, 0.2) is 24.3 Å². The zero-order valence-corrected chi connectivity index (χ0v) is 14.2. The summed E-state index contributed by atoms with van der Waals surface area (Å²) in [6.07, 6.45) is 3.84. The molecular weight excluding hydrogens is 307 g/mol. The molecule has 1 aromatic rings. The van der Waals surface area contributed by atoms with Gasteiger partial charge in [-0.15, -0.1) is 0 Å². The van der Waals surface area contributed by atoms with Gasteiger partial charge in [0.25, 0.3) is 0 Å². The fourth-order valence-electron chi connectivity index (χ4n) is 3.52. The predicted octanol–water partition coefficient (Wildman–Crippen LogP) is 2.52.